The predicted molar refractivity (Wildman–Crippen MR) is 47.0 cm³/mol. The van der Waals surface area contributed by atoms with Gasteiger partial charge in [0.2, 0.25) is 0 Å². The Labute approximate surface area is 72.5 Å². The number of halogens is 1. The number of hydrogen-bond donors (Lipinski definition) is 1. The molecule has 1 aromatic heterocycles. The van der Waals surface area contributed by atoms with E-state index in [0.717, 1.165) is 5.56 Å². The monoisotopic (exact) mass is 219 g/mol. The molecule has 0 aliphatic rings. The molecule has 0 aliphatic heterocycles. The average molecular weight is 220 g/mol. The largest absolute Gasteiger partial charge is 0.447 e. The highest BCUT2D eigenvalue weighted by Gasteiger charge is 2.06. The molecule has 0 amide bonds. The molecule has 1 rings (SSSR count). The molecule has 1 aromatic rings. The second kappa shape index (κ2) is 2.72. The van der Waals surface area contributed by atoms with Gasteiger partial charge >= 0.3 is 0 Å². The van der Waals surface area contributed by atoms with E-state index >= 15 is 0 Å². The van der Waals surface area contributed by atoms with Gasteiger partial charge in [-0.25, -0.2) is 0 Å². The lowest BCUT2D eigenvalue weighted by Crippen LogP contribution is -2.08. The minimum atomic E-state index is 0.295. The van der Waals surface area contributed by atoms with Gasteiger partial charge in [0, 0.05) is 0 Å². The summed E-state index contributed by atoms with van der Waals surface area (Å²) >= 11 is 7.90. The van der Waals surface area contributed by atoms with Crippen molar-refractivity contribution in [2.75, 3.05) is 0 Å². The van der Waals surface area contributed by atoms with Crippen LogP contribution in [0, 0.1) is 6.92 Å². The number of furan rings is 1. The lowest BCUT2D eigenvalue weighted by atomic mass is 10.3. The molecule has 0 unspecified atom stereocenters. The molecule has 0 spiro atoms. The molecule has 0 aliphatic carbocycles. The van der Waals surface area contributed by atoms with E-state index in [1.165, 1.54) is 0 Å². The maximum absolute atomic E-state index is 5.34. The molecule has 0 fully saturated rings. The van der Waals surface area contributed by atoms with E-state index in [4.69, 9.17) is 22.4 Å². The lowest BCUT2D eigenvalue weighted by Gasteiger charge is -1.90. The first kappa shape index (κ1) is 7.75. The van der Waals surface area contributed by atoms with E-state index in [1.807, 2.05) is 13.0 Å². The molecule has 0 bridgehead atoms. The standard InChI is InChI=1S/C6H6BrNOS/c1-3-2-4(7)9-5(3)6(8)10/h2H,1H3,(H2,8,10). The fourth-order valence-electron chi connectivity index (χ4n) is 0.688. The second-order valence-corrected chi connectivity index (χ2v) is 3.15. The first-order valence-corrected chi connectivity index (χ1v) is 3.87. The summed E-state index contributed by atoms with van der Waals surface area (Å²) in [5.41, 5.74) is 6.30. The highest BCUT2D eigenvalue weighted by atomic mass is 79.9. The van der Waals surface area contributed by atoms with Gasteiger partial charge in [-0.1, -0.05) is 12.2 Å². The zero-order valence-electron chi connectivity index (χ0n) is 5.35. The van der Waals surface area contributed by atoms with Gasteiger partial charge in [0.25, 0.3) is 0 Å². The van der Waals surface area contributed by atoms with Crippen LogP contribution in [0.1, 0.15) is 11.3 Å². The second-order valence-electron chi connectivity index (χ2n) is 1.93. The van der Waals surface area contributed by atoms with Crippen molar-refractivity contribution in [2.45, 2.75) is 6.92 Å². The molecular weight excluding hydrogens is 214 g/mol. The Kier molecular flexibility index (Phi) is 2.11. The van der Waals surface area contributed by atoms with Gasteiger partial charge in [0.15, 0.2) is 10.4 Å². The quantitative estimate of drug-likeness (QED) is 0.735. The van der Waals surface area contributed by atoms with Crippen molar-refractivity contribution < 1.29 is 4.42 Å². The molecular formula is C6H6BrNOS. The van der Waals surface area contributed by atoms with Crippen LogP contribution in [0.5, 0.6) is 0 Å². The Morgan fingerprint density at radius 1 is 1.80 bits per heavy atom. The van der Waals surface area contributed by atoms with Crippen LogP contribution in [0.2, 0.25) is 0 Å². The molecule has 10 heavy (non-hydrogen) atoms. The molecule has 2 nitrogen and oxygen atoms in total. The zero-order chi connectivity index (χ0) is 7.72. The van der Waals surface area contributed by atoms with E-state index in [-0.39, 0.29) is 0 Å². The van der Waals surface area contributed by atoms with E-state index in [9.17, 15) is 0 Å². The summed E-state index contributed by atoms with van der Waals surface area (Å²) in [5, 5.41) is 0. The summed E-state index contributed by atoms with van der Waals surface area (Å²) in [6, 6.07) is 1.83. The van der Waals surface area contributed by atoms with E-state index < -0.39 is 0 Å². The van der Waals surface area contributed by atoms with E-state index in [2.05, 4.69) is 15.9 Å². The zero-order valence-corrected chi connectivity index (χ0v) is 7.75. The molecule has 0 atom stereocenters. The Hall–Kier alpha value is -0.350. The van der Waals surface area contributed by atoms with Crippen molar-refractivity contribution in [3.63, 3.8) is 0 Å². The number of nitrogens with two attached hydrogens (primary N) is 1. The van der Waals surface area contributed by atoms with Crippen molar-refractivity contribution in [3.8, 4) is 0 Å². The summed E-state index contributed by atoms with van der Waals surface area (Å²) in [5.74, 6) is 0.585. The fourth-order valence-corrected chi connectivity index (χ4v) is 1.40. The number of rotatable bonds is 1. The van der Waals surface area contributed by atoms with Gasteiger partial charge in [-0.15, -0.1) is 0 Å². The summed E-state index contributed by atoms with van der Waals surface area (Å²) in [6.07, 6.45) is 0. The molecule has 0 aromatic carbocycles. The maximum atomic E-state index is 5.34. The SMILES string of the molecule is Cc1cc(Br)oc1C(N)=S. The van der Waals surface area contributed by atoms with E-state index in [0.29, 0.717) is 15.4 Å². The maximum Gasteiger partial charge on any atom is 0.170 e. The van der Waals surface area contributed by atoms with Crippen LogP contribution in [0.3, 0.4) is 0 Å². The van der Waals surface area contributed by atoms with Crippen molar-refractivity contribution in [1.29, 1.82) is 0 Å². The summed E-state index contributed by atoms with van der Waals surface area (Å²) < 4.78 is 5.79. The lowest BCUT2D eigenvalue weighted by molar-refractivity contribution is 0.531. The Balaban J connectivity index is 3.15. The highest BCUT2D eigenvalue weighted by Crippen LogP contribution is 2.18. The molecule has 0 saturated heterocycles. The minimum absolute atomic E-state index is 0.295. The van der Waals surface area contributed by atoms with Crippen molar-refractivity contribution in [2.24, 2.45) is 5.73 Å². The van der Waals surface area contributed by atoms with Crippen molar-refractivity contribution in [3.05, 3.63) is 22.1 Å². The van der Waals surface area contributed by atoms with Crippen LogP contribution in [-0.2, 0) is 0 Å². The van der Waals surface area contributed by atoms with Gasteiger partial charge < -0.3 is 10.2 Å². The third kappa shape index (κ3) is 1.38. The Bertz CT molecular complexity index is 269. The van der Waals surface area contributed by atoms with Gasteiger partial charge in [0.1, 0.15) is 4.99 Å². The molecule has 2 N–H and O–H groups in total. The third-order valence-corrected chi connectivity index (χ3v) is 1.69. The van der Waals surface area contributed by atoms with Gasteiger partial charge in [-0.05, 0) is 34.5 Å². The van der Waals surface area contributed by atoms with Gasteiger partial charge in [-0.3, -0.25) is 0 Å². The topological polar surface area (TPSA) is 39.2 Å². The van der Waals surface area contributed by atoms with E-state index in [1.54, 1.807) is 0 Å². The normalized spacial score (nSPS) is 9.80. The smallest absolute Gasteiger partial charge is 0.170 e. The summed E-state index contributed by atoms with van der Waals surface area (Å²) in [4.78, 5) is 0.295. The molecule has 0 radical (unpaired) electrons. The average Bonchev–Trinajstić information content (AvgIpc) is 2.10. The van der Waals surface area contributed by atoms with Crippen LogP contribution >= 0.6 is 28.1 Å². The summed E-state index contributed by atoms with van der Waals surface area (Å²) in [6.45, 7) is 1.89. The molecule has 54 valence electrons. The van der Waals surface area contributed by atoms with Crippen LogP contribution in [0.25, 0.3) is 0 Å². The first-order valence-electron chi connectivity index (χ1n) is 2.67. The van der Waals surface area contributed by atoms with Crippen LogP contribution in [-0.4, -0.2) is 4.99 Å². The fraction of sp³-hybridized carbons (Fsp3) is 0.167. The van der Waals surface area contributed by atoms with Crippen LogP contribution < -0.4 is 5.73 Å². The van der Waals surface area contributed by atoms with Crippen molar-refractivity contribution in [1.82, 2.24) is 0 Å². The van der Waals surface area contributed by atoms with Gasteiger partial charge in [-0.2, -0.15) is 0 Å². The number of hydrogen-bond acceptors (Lipinski definition) is 2. The van der Waals surface area contributed by atoms with Gasteiger partial charge in [0.05, 0.1) is 0 Å². The Morgan fingerprint density at radius 2 is 2.40 bits per heavy atom. The molecule has 0 saturated carbocycles. The minimum Gasteiger partial charge on any atom is -0.447 e. The molecule has 4 heteroatoms. The van der Waals surface area contributed by atoms with Crippen molar-refractivity contribution >= 4 is 33.1 Å². The molecule has 1 heterocycles. The summed E-state index contributed by atoms with van der Waals surface area (Å²) in [7, 11) is 0. The number of thiocarbonyl (C=S) groups is 1. The first-order chi connectivity index (χ1) is 4.61. The predicted octanol–water partition coefficient (Wildman–Crippen LogP) is 1.98. The highest BCUT2D eigenvalue weighted by molar-refractivity contribution is 9.10. The van der Waals surface area contributed by atoms with Crippen LogP contribution in [0.15, 0.2) is 15.2 Å². The number of aryl methyl sites for hydroxylation is 1. The van der Waals surface area contributed by atoms with Crippen LogP contribution in [0.4, 0.5) is 0 Å². The third-order valence-electron chi connectivity index (χ3n) is 1.11. The Morgan fingerprint density at radius 3 is 2.60 bits per heavy atom.